The highest BCUT2D eigenvalue weighted by Crippen LogP contribution is 2.43. The first-order valence-corrected chi connectivity index (χ1v) is 12.1. The van der Waals surface area contributed by atoms with E-state index in [-0.39, 0.29) is 16.8 Å². The topological polar surface area (TPSA) is 89.7 Å². The zero-order valence-corrected chi connectivity index (χ0v) is 20.9. The molecule has 0 radical (unpaired) electrons. The number of ether oxygens (including phenoxy) is 1. The first kappa shape index (κ1) is 23.0. The van der Waals surface area contributed by atoms with Gasteiger partial charge in [-0.25, -0.2) is 9.78 Å². The number of methoxy groups -OCH3 is 1. The molecule has 0 bridgehead atoms. The maximum atomic E-state index is 13.8. The number of hydrogen-bond acceptors (Lipinski definition) is 7. The van der Waals surface area contributed by atoms with Crippen LogP contribution in [0.25, 0.3) is 11.0 Å². The zero-order chi connectivity index (χ0) is 25.0. The van der Waals surface area contributed by atoms with Crippen LogP contribution < -0.4 is 10.3 Å². The maximum Gasteiger partial charge on any atom is 0.350 e. The van der Waals surface area contributed by atoms with Gasteiger partial charge in [-0.15, -0.1) is 0 Å². The molecule has 178 valence electrons. The summed E-state index contributed by atoms with van der Waals surface area (Å²) in [7, 11) is 1.30. The Morgan fingerprint density at radius 3 is 2.49 bits per heavy atom. The summed E-state index contributed by atoms with van der Waals surface area (Å²) in [6.45, 7) is 7.79. The van der Waals surface area contributed by atoms with Crippen LogP contribution in [0.4, 0.5) is 5.13 Å². The van der Waals surface area contributed by atoms with E-state index in [4.69, 9.17) is 9.15 Å². The average Bonchev–Trinajstić information content (AvgIpc) is 3.36. The van der Waals surface area contributed by atoms with Crippen LogP contribution in [-0.2, 0) is 4.74 Å². The van der Waals surface area contributed by atoms with Crippen LogP contribution in [0.3, 0.4) is 0 Å². The lowest BCUT2D eigenvalue weighted by Crippen LogP contribution is -2.29. The quantitative estimate of drug-likeness (QED) is 0.351. The number of aryl methyl sites for hydroxylation is 2. The predicted molar refractivity (Wildman–Crippen MR) is 135 cm³/mol. The molecule has 0 saturated heterocycles. The molecular weight excluding hydrogens is 464 g/mol. The Morgan fingerprint density at radius 2 is 1.83 bits per heavy atom. The molecule has 1 aliphatic rings. The van der Waals surface area contributed by atoms with Crippen molar-refractivity contribution in [2.45, 2.75) is 39.7 Å². The molecule has 0 N–H and O–H groups in total. The Morgan fingerprint density at radius 1 is 1.11 bits per heavy atom. The summed E-state index contributed by atoms with van der Waals surface area (Å²) in [5, 5.41) is 0.727. The summed E-state index contributed by atoms with van der Waals surface area (Å²) in [5.41, 5.74) is 3.65. The van der Waals surface area contributed by atoms with Gasteiger partial charge < -0.3 is 9.15 Å². The van der Waals surface area contributed by atoms with Gasteiger partial charge in [-0.3, -0.25) is 14.5 Å². The molecule has 5 rings (SSSR count). The van der Waals surface area contributed by atoms with E-state index in [0.717, 1.165) is 28.0 Å². The van der Waals surface area contributed by atoms with Crippen LogP contribution in [0.2, 0.25) is 0 Å². The Bertz CT molecular complexity index is 1550. The number of rotatable bonds is 4. The highest BCUT2D eigenvalue weighted by atomic mass is 32.1. The van der Waals surface area contributed by atoms with Crippen LogP contribution in [0.5, 0.6) is 0 Å². The molecular formula is C27H24N2O5S. The number of carbonyl (C=O) groups excluding carboxylic acids is 2. The molecule has 3 heterocycles. The monoisotopic (exact) mass is 488 g/mol. The van der Waals surface area contributed by atoms with Crippen molar-refractivity contribution in [1.82, 2.24) is 4.98 Å². The van der Waals surface area contributed by atoms with Crippen molar-refractivity contribution in [2.75, 3.05) is 12.0 Å². The van der Waals surface area contributed by atoms with Crippen molar-refractivity contribution in [3.05, 3.63) is 91.3 Å². The van der Waals surface area contributed by atoms with Crippen LogP contribution in [0.1, 0.15) is 74.0 Å². The fraction of sp³-hybridized carbons (Fsp3) is 0.259. The minimum absolute atomic E-state index is 0.00300. The Labute approximate surface area is 206 Å². The predicted octanol–water partition coefficient (Wildman–Crippen LogP) is 5.53. The minimum atomic E-state index is -0.740. The van der Waals surface area contributed by atoms with E-state index in [1.54, 1.807) is 19.1 Å². The van der Waals surface area contributed by atoms with Gasteiger partial charge in [0, 0.05) is 0 Å². The number of fused-ring (bicyclic) bond motifs is 2. The molecule has 35 heavy (non-hydrogen) atoms. The third-order valence-electron chi connectivity index (χ3n) is 6.31. The van der Waals surface area contributed by atoms with E-state index in [2.05, 4.69) is 18.8 Å². The van der Waals surface area contributed by atoms with Gasteiger partial charge in [0.2, 0.25) is 5.76 Å². The van der Waals surface area contributed by atoms with Gasteiger partial charge in [0.25, 0.3) is 5.91 Å². The standard InChI is InChI=1S/C27H24N2O5S/c1-13(2)16-7-9-17(10-8-16)21-20-22(30)18-12-14(3)6-11-19(18)34-23(20)25(31)29(21)27-28-15(4)24(35-27)26(32)33-5/h6-13,21H,1-5H3/t21-/m0/s1. The smallest absolute Gasteiger partial charge is 0.350 e. The van der Waals surface area contributed by atoms with Crippen molar-refractivity contribution < 1.29 is 18.7 Å². The van der Waals surface area contributed by atoms with Gasteiger partial charge in [0.05, 0.1) is 29.8 Å². The SMILES string of the molecule is COC(=O)c1sc(N2C(=O)c3oc4ccc(C)cc4c(=O)c3[C@@H]2c2ccc(C(C)C)cc2)nc1C. The lowest BCUT2D eigenvalue weighted by atomic mass is 9.95. The molecule has 8 heteroatoms. The molecule has 0 spiro atoms. The third-order valence-corrected chi connectivity index (χ3v) is 7.44. The van der Waals surface area contributed by atoms with Crippen LogP contribution in [0, 0.1) is 13.8 Å². The number of amides is 1. The molecule has 0 unspecified atom stereocenters. The number of nitrogens with zero attached hydrogens (tertiary/aromatic N) is 2. The van der Waals surface area contributed by atoms with Crippen molar-refractivity contribution in [3.63, 3.8) is 0 Å². The normalized spacial score (nSPS) is 15.2. The highest BCUT2D eigenvalue weighted by Gasteiger charge is 2.45. The highest BCUT2D eigenvalue weighted by molar-refractivity contribution is 7.17. The Balaban J connectivity index is 1.76. The second-order valence-electron chi connectivity index (χ2n) is 8.98. The summed E-state index contributed by atoms with van der Waals surface area (Å²) in [5.74, 6) is -0.665. The maximum absolute atomic E-state index is 13.8. The van der Waals surface area contributed by atoms with E-state index in [9.17, 15) is 14.4 Å². The first-order valence-electron chi connectivity index (χ1n) is 11.3. The van der Waals surface area contributed by atoms with Gasteiger partial charge in [0.15, 0.2) is 10.6 Å². The van der Waals surface area contributed by atoms with E-state index in [1.165, 1.54) is 12.0 Å². The van der Waals surface area contributed by atoms with Crippen LogP contribution in [-0.4, -0.2) is 24.0 Å². The average molecular weight is 489 g/mol. The molecule has 1 amide bonds. The van der Waals surface area contributed by atoms with Crippen LogP contribution in [0.15, 0.2) is 51.7 Å². The van der Waals surface area contributed by atoms with E-state index < -0.39 is 17.9 Å². The summed E-state index contributed by atoms with van der Waals surface area (Å²) in [6, 6.07) is 12.4. The number of esters is 1. The second-order valence-corrected chi connectivity index (χ2v) is 9.95. The van der Waals surface area contributed by atoms with Crippen molar-refractivity contribution in [3.8, 4) is 0 Å². The summed E-state index contributed by atoms with van der Waals surface area (Å²) in [6.07, 6.45) is 0. The number of anilines is 1. The third kappa shape index (κ3) is 3.65. The number of hydrogen-bond donors (Lipinski definition) is 0. The Hall–Kier alpha value is -3.78. The van der Waals surface area contributed by atoms with Gasteiger partial charge >= 0.3 is 5.97 Å². The summed E-state index contributed by atoms with van der Waals surface area (Å²) < 4.78 is 10.9. The molecule has 0 fully saturated rings. The van der Waals surface area contributed by atoms with Crippen molar-refractivity contribution in [1.29, 1.82) is 0 Å². The fourth-order valence-electron chi connectivity index (χ4n) is 4.43. The second kappa shape index (κ2) is 8.46. The van der Waals surface area contributed by atoms with Gasteiger partial charge in [-0.1, -0.05) is 61.1 Å². The van der Waals surface area contributed by atoms with E-state index in [1.807, 2.05) is 37.3 Å². The summed E-state index contributed by atoms with van der Waals surface area (Å²) in [4.78, 5) is 46.0. The summed E-state index contributed by atoms with van der Waals surface area (Å²) >= 11 is 1.06. The van der Waals surface area contributed by atoms with E-state index in [0.29, 0.717) is 32.6 Å². The minimum Gasteiger partial charge on any atom is -0.465 e. The Kier molecular flexibility index (Phi) is 5.56. The lowest BCUT2D eigenvalue weighted by molar-refractivity contribution is 0.0605. The largest absolute Gasteiger partial charge is 0.465 e. The number of thiazole rings is 1. The number of aromatic nitrogens is 1. The molecule has 1 aliphatic heterocycles. The fourth-order valence-corrected chi connectivity index (χ4v) is 5.44. The molecule has 7 nitrogen and oxygen atoms in total. The molecule has 0 saturated carbocycles. The molecule has 2 aromatic heterocycles. The number of carbonyl (C=O) groups is 2. The van der Waals surface area contributed by atoms with E-state index >= 15 is 0 Å². The van der Waals surface area contributed by atoms with Crippen molar-refractivity contribution >= 4 is 39.3 Å². The molecule has 0 aliphatic carbocycles. The zero-order valence-electron chi connectivity index (χ0n) is 20.0. The molecule has 2 aromatic carbocycles. The van der Waals surface area contributed by atoms with Crippen LogP contribution >= 0.6 is 11.3 Å². The lowest BCUT2D eigenvalue weighted by Gasteiger charge is -2.23. The molecule has 4 aromatic rings. The number of benzene rings is 2. The van der Waals surface area contributed by atoms with Gasteiger partial charge in [-0.05, 0) is 43.0 Å². The first-order chi connectivity index (χ1) is 16.7. The van der Waals surface area contributed by atoms with Gasteiger partial charge in [-0.2, -0.15) is 0 Å². The molecule has 1 atom stereocenters. The van der Waals surface area contributed by atoms with Crippen molar-refractivity contribution in [2.24, 2.45) is 0 Å². The van der Waals surface area contributed by atoms with Gasteiger partial charge in [0.1, 0.15) is 10.5 Å².